The smallest absolute Gasteiger partial charge is 0.152 e. The quantitative estimate of drug-likeness (QED) is 0.695. The molecule has 2 heteroatoms. The molecule has 1 aromatic heterocycles. The Morgan fingerprint density at radius 1 is 1.46 bits per heavy atom. The van der Waals surface area contributed by atoms with Crippen LogP contribution in [0.15, 0.2) is 24.4 Å². The number of hydrogen-bond acceptors (Lipinski definition) is 1. The van der Waals surface area contributed by atoms with E-state index < -0.39 is 0 Å². The van der Waals surface area contributed by atoms with Crippen molar-refractivity contribution in [2.45, 2.75) is 13.3 Å². The highest BCUT2D eigenvalue weighted by Gasteiger charge is 2.02. The van der Waals surface area contributed by atoms with Crippen LogP contribution in [0.1, 0.15) is 22.8 Å². The third kappa shape index (κ3) is 1.24. The lowest BCUT2D eigenvalue weighted by Crippen LogP contribution is -1.80. The Balaban J connectivity index is 2.71. The average Bonchev–Trinajstić information content (AvgIpc) is 2.59. The summed E-state index contributed by atoms with van der Waals surface area (Å²) in [5, 5.41) is 1.02. The Bertz CT molecular complexity index is 442. The number of aromatic nitrogens is 1. The first kappa shape index (κ1) is 8.05. The highest BCUT2D eigenvalue weighted by atomic mass is 16.1. The van der Waals surface area contributed by atoms with Crippen molar-refractivity contribution in [3.05, 3.63) is 35.5 Å². The van der Waals surface area contributed by atoms with Crippen LogP contribution in [0.3, 0.4) is 0 Å². The number of fused-ring (bicyclic) bond motifs is 1. The van der Waals surface area contributed by atoms with Crippen LogP contribution >= 0.6 is 0 Å². The molecule has 0 atom stereocenters. The first-order chi connectivity index (χ1) is 6.35. The fraction of sp³-hybridized carbons (Fsp3) is 0.182. The van der Waals surface area contributed by atoms with Crippen molar-refractivity contribution in [2.75, 3.05) is 0 Å². The van der Waals surface area contributed by atoms with Gasteiger partial charge in [-0.3, -0.25) is 4.79 Å². The van der Waals surface area contributed by atoms with Gasteiger partial charge in [0.05, 0.1) is 0 Å². The summed E-state index contributed by atoms with van der Waals surface area (Å²) in [6.45, 7) is 2.11. The SMILES string of the molecule is CCc1ccc2[nH]cc(C=O)c2c1. The number of nitrogens with one attached hydrogen (secondary N) is 1. The minimum absolute atomic E-state index is 0.741. The van der Waals surface area contributed by atoms with Crippen molar-refractivity contribution in [3.63, 3.8) is 0 Å². The Labute approximate surface area is 76.6 Å². The number of aldehydes is 1. The number of hydrogen-bond donors (Lipinski definition) is 1. The van der Waals surface area contributed by atoms with Gasteiger partial charge in [0, 0.05) is 22.7 Å². The van der Waals surface area contributed by atoms with Crippen LogP contribution in [-0.4, -0.2) is 11.3 Å². The standard InChI is InChI=1S/C11H11NO/c1-2-8-3-4-11-10(5-8)9(7-13)6-12-11/h3-7,12H,2H2,1H3. The summed E-state index contributed by atoms with van der Waals surface area (Å²) in [4.78, 5) is 13.7. The molecule has 2 aromatic rings. The molecular formula is C11H11NO. The summed E-state index contributed by atoms with van der Waals surface area (Å²) in [7, 11) is 0. The van der Waals surface area contributed by atoms with E-state index >= 15 is 0 Å². The molecule has 13 heavy (non-hydrogen) atoms. The van der Waals surface area contributed by atoms with E-state index in [0.29, 0.717) is 0 Å². The third-order valence-electron chi connectivity index (χ3n) is 2.31. The van der Waals surface area contributed by atoms with Crippen molar-refractivity contribution in [1.82, 2.24) is 4.98 Å². The maximum atomic E-state index is 10.7. The van der Waals surface area contributed by atoms with Gasteiger partial charge in [-0.25, -0.2) is 0 Å². The second-order valence-electron chi connectivity index (χ2n) is 3.10. The Kier molecular flexibility index (Phi) is 1.89. The fourth-order valence-corrected chi connectivity index (χ4v) is 1.51. The highest BCUT2D eigenvalue weighted by molar-refractivity contribution is 5.97. The number of aromatic amines is 1. The summed E-state index contributed by atoms with van der Waals surface area (Å²) in [6, 6.07) is 6.16. The molecule has 0 radical (unpaired) electrons. The molecule has 0 aliphatic carbocycles. The van der Waals surface area contributed by atoms with Gasteiger partial charge in [-0.2, -0.15) is 0 Å². The Hall–Kier alpha value is -1.57. The molecule has 0 spiro atoms. The van der Waals surface area contributed by atoms with Gasteiger partial charge < -0.3 is 4.98 Å². The lowest BCUT2D eigenvalue weighted by atomic mass is 10.1. The van der Waals surface area contributed by atoms with Crippen LogP contribution in [0.4, 0.5) is 0 Å². The van der Waals surface area contributed by atoms with Crippen molar-refractivity contribution < 1.29 is 4.79 Å². The minimum atomic E-state index is 0.741. The predicted octanol–water partition coefficient (Wildman–Crippen LogP) is 2.54. The summed E-state index contributed by atoms with van der Waals surface area (Å²) in [6.07, 6.45) is 3.63. The lowest BCUT2D eigenvalue weighted by molar-refractivity contribution is 0.112. The molecule has 0 unspecified atom stereocenters. The summed E-state index contributed by atoms with van der Waals surface area (Å²) in [5.41, 5.74) is 3.03. The molecule has 1 N–H and O–H groups in total. The number of aryl methyl sites for hydroxylation is 1. The van der Waals surface area contributed by atoms with Crippen LogP contribution < -0.4 is 0 Å². The highest BCUT2D eigenvalue weighted by Crippen LogP contribution is 2.18. The number of rotatable bonds is 2. The number of benzene rings is 1. The Morgan fingerprint density at radius 3 is 3.00 bits per heavy atom. The molecule has 2 nitrogen and oxygen atoms in total. The van der Waals surface area contributed by atoms with Gasteiger partial charge in [0.25, 0.3) is 0 Å². The summed E-state index contributed by atoms with van der Waals surface area (Å²) < 4.78 is 0. The van der Waals surface area contributed by atoms with Crippen LogP contribution in [0.2, 0.25) is 0 Å². The van der Waals surface area contributed by atoms with Gasteiger partial charge in [-0.05, 0) is 24.1 Å². The van der Waals surface area contributed by atoms with Gasteiger partial charge in [0.15, 0.2) is 6.29 Å². The zero-order valence-electron chi connectivity index (χ0n) is 7.50. The van der Waals surface area contributed by atoms with Gasteiger partial charge in [0.2, 0.25) is 0 Å². The van der Waals surface area contributed by atoms with E-state index in [4.69, 9.17) is 0 Å². The van der Waals surface area contributed by atoms with Gasteiger partial charge in [-0.1, -0.05) is 13.0 Å². The molecule has 0 aliphatic heterocycles. The van der Waals surface area contributed by atoms with Crippen LogP contribution in [0.25, 0.3) is 10.9 Å². The van der Waals surface area contributed by atoms with E-state index in [1.54, 1.807) is 6.20 Å². The van der Waals surface area contributed by atoms with Crippen molar-refractivity contribution in [2.24, 2.45) is 0 Å². The molecule has 0 fully saturated rings. The molecule has 0 aliphatic rings. The normalized spacial score (nSPS) is 10.5. The van der Waals surface area contributed by atoms with E-state index in [2.05, 4.69) is 24.0 Å². The number of H-pyrrole nitrogens is 1. The first-order valence-electron chi connectivity index (χ1n) is 4.40. The lowest BCUT2D eigenvalue weighted by Gasteiger charge is -1.96. The summed E-state index contributed by atoms with van der Waals surface area (Å²) in [5.74, 6) is 0. The average molecular weight is 173 g/mol. The second kappa shape index (κ2) is 3.05. The zero-order valence-corrected chi connectivity index (χ0v) is 7.50. The number of carbonyl (C=O) groups excluding carboxylic acids is 1. The maximum Gasteiger partial charge on any atom is 0.152 e. The van der Waals surface area contributed by atoms with Gasteiger partial charge >= 0.3 is 0 Å². The van der Waals surface area contributed by atoms with E-state index in [9.17, 15) is 4.79 Å². The molecular weight excluding hydrogens is 162 g/mol. The second-order valence-corrected chi connectivity index (χ2v) is 3.10. The molecule has 0 amide bonds. The first-order valence-corrected chi connectivity index (χ1v) is 4.40. The van der Waals surface area contributed by atoms with E-state index in [1.807, 2.05) is 6.07 Å². The minimum Gasteiger partial charge on any atom is -0.360 e. The molecule has 66 valence electrons. The molecule has 1 aromatic carbocycles. The topological polar surface area (TPSA) is 32.9 Å². The van der Waals surface area contributed by atoms with E-state index in [1.165, 1.54) is 5.56 Å². The maximum absolute atomic E-state index is 10.7. The molecule has 0 saturated heterocycles. The Morgan fingerprint density at radius 2 is 2.31 bits per heavy atom. The van der Waals surface area contributed by atoms with Crippen LogP contribution in [-0.2, 0) is 6.42 Å². The molecule has 2 rings (SSSR count). The largest absolute Gasteiger partial charge is 0.360 e. The zero-order chi connectivity index (χ0) is 9.26. The van der Waals surface area contributed by atoms with Crippen molar-refractivity contribution in [3.8, 4) is 0 Å². The molecule has 0 bridgehead atoms. The van der Waals surface area contributed by atoms with E-state index in [-0.39, 0.29) is 0 Å². The number of carbonyl (C=O) groups is 1. The third-order valence-corrected chi connectivity index (χ3v) is 2.31. The van der Waals surface area contributed by atoms with Gasteiger partial charge in [0.1, 0.15) is 0 Å². The molecule has 0 saturated carbocycles. The van der Waals surface area contributed by atoms with E-state index in [0.717, 1.165) is 29.2 Å². The van der Waals surface area contributed by atoms with Gasteiger partial charge in [-0.15, -0.1) is 0 Å². The van der Waals surface area contributed by atoms with Crippen LogP contribution in [0.5, 0.6) is 0 Å². The molecule has 1 heterocycles. The van der Waals surface area contributed by atoms with Crippen molar-refractivity contribution in [1.29, 1.82) is 0 Å². The monoisotopic (exact) mass is 173 g/mol. The summed E-state index contributed by atoms with van der Waals surface area (Å²) >= 11 is 0. The van der Waals surface area contributed by atoms with Crippen molar-refractivity contribution >= 4 is 17.2 Å². The van der Waals surface area contributed by atoms with Crippen LogP contribution in [0, 0.1) is 0 Å². The fourth-order valence-electron chi connectivity index (χ4n) is 1.51. The predicted molar refractivity (Wildman–Crippen MR) is 53.1 cm³/mol.